The van der Waals surface area contributed by atoms with Crippen molar-refractivity contribution in [3.63, 3.8) is 0 Å². The molecular weight excluding hydrogens is 271 g/mol. The van der Waals surface area contributed by atoms with E-state index in [0.29, 0.717) is 22.3 Å². The van der Waals surface area contributed by atoms with Gasteiger partial charge in [-0.05, 0) is 54.8 Å². The number of nitrogens with zero attached hydrogens (tertiary/aromatic N) is 1. The third kappa shape index (κ3) is 3.64. The summed E-state index contributed by atoms with van der Waals surface area (Å²) in [6, 6.07) is 6.36. The number of nitrogens with one attached hydrogen (secondary N) is 1. The molecule has 0 saturated heterocycles. The fraction of sp³-hybridized carbons (Fsp3) is 0.250. The zero-order chi connectivity index (χ0) is 15.4. The number of halogens is 1. The zero-order valence-electron chi connectivity index (χ0n) is 11.9. The molecule has 0 aliphatic carbocycles. The van der Waals surface area contributed by atoms with Crippen molar-refractivity contribution in [3.8, 4) is 0 Å². The fourth-order valence-corrected chi connectivity index (χ4v) is 2.07. The Hall–Kier alpha value is -2.27. The van der Waals surface area contributed by atoms with Crippen molar-refractivity contribution < 1.29 is 14.3 Å². The molecule has 0 radical (unpaired) electrons. The van der Waals surface area contributed by atoms with Gasteiger partial charge in [-0.2, -0.15) is 0 Å². The van der Waals surface area contributed by atoms with Gasteiger partial charge in [0.1, 0.15) is 5.82 Å². The van der Waals surface area contributed by atoms with Crippen LogP contribution in [0.5, 0.6) is 0 Å². The number of hydrogen-bond donors (Lipinski definition) is 2. The zero-order valence-corrected chi connectivity index (χ0v) is 11.9. The SMILES string of the molecule is Cc1cc(C(=O)NCC(O)c2ccncc2)cc(C)c1F. The molecule has 1 heterocycles. The highest BCUT2D eigenvalue weighted by atomic mass is 19.1. The summed E-state index contributed by atoms with van der Waals surface area (Å²) in [7, 11) is 0. The summed E-state index contributed by atoms with van der Waals surface area (Å²) in [5.41, 5.74) is 1.91. The van der Waals surface area contributed by atoms with Crippen molar-refractivity contribution in [2.45, 2.75) is 20.0 Å². The van der Waals surface area contributed by atoms with Crippen LogP contribution in [0.1, 0.15) is 33.2 Å². The van der Waals surface area contributed by atoms with Crippen LogP contribution in [0.4, 0.5) is 4.39 Å². The van der Waals surface area contributed by atoms with Gasteiger partial charge in [0, 0.05) is 24.5 Å². The van der Waals surface area contributed by atoms with Crippen LogP contribution >= 0.6 is 0 Å². The van der Waals surface area contributed by atoms with Crippen LogP contribution in [0.2, 0.25) is 0 Å². The van der Waals surface area contributed by atoms with Gasteiger partial charge in [-0.3, -0.25) is 9.78 Å². The standard InChI is InChI=1S/C16H17FN2O2/c1-10-7-13(8-11(2)15(10)17)16(21)19-9-14(20)12-3-5-18-6-4-12/h3-8,14,20H,9H2,1-2H3,(H,19,21). The van der Waals surface area contributed by atoms with E-state index < -0.39 is 6.10 Å². The predicted octanol–water partition coefficient (Wildman–Crippen LogP) is 2.30. The minimum absolute atomic E-state index is 0.0817. The molecule has 0 spiro atoms. The highest BCUT2D eigenvalue weighted by Gasteiger charge is 2.13. The van der Waals surface area contributed by atoms with Crippen molar-refractivity contribution in [2.75, 3.05) is 6.54 Å². The molecule has 21 heavy (non-hydrogen) atoms. The number of carbonyl (C=O) groups excluding carboxylic acids is 1. The first-order valence-corrected chi connectivity index (χ1v) is 6.62. The normalized spacial score (nSPS) is 12.0. The Kier molecular flexibility index (Phi) is 4.65. The number of pyridine rings is 1. The second kappa shape index (κ2) is 6.45. The van der Waals surface area contributed by atoms with Gasteiger partial charge >= 0.3 is 0 Å². The lowest BCUT2D eigenvalue weighted by molar-refractivity contribution is 0.0916. The molecule has 0 fully saturated rings. The van der Waals surface area contributed by atoms with E-state index in [1.165, 1.54) is 12.1 Å². The quantitative estimate of drug-likeness (QED) is 0.907. The van der Waals surface area contributed by atoms with Crippen LogP contribution in [-0.4, -0.2) is 22.5 Å². The van der Waals surface area contributed by atoms with E-state index in [0.717, 1.165) is 0 Å². The summed E-state index contributed by atoms with van der Waals surface area (Å²) in [6.07, 6.45) is 2.35. The van der Waals surface area contributed by atoms with E-state index in [4.69, 9.17) is 0 Å². The third-order valence-corrected chi connectivity index (χ3v) is 3.25. The van der Waals surface area contributed by atoms with Gasteiger partial charge in [0.2, 0.25) is 0 Å². The first-order chi connectivity index (χ1) is 9.99. The molecule has 0 bridgehead atoms. The number of amides is 1. The van der Waals surface area contributed by atoms with Crippen LogP contribution < -0.4 is 5.32 Å². The van der Waals surface area contributed by atoms with Gasteiger partial charge in [0.05, 0.1) is 6.10 Å². The number of aryl methyl sites for hydroxylation is 2. The van der Waals surface area contributed by atoms with E-state index in [-0.39, 0.29) is 18.3 Å². The molecule has 0 aliphatic rings. The monoisotopic (exact) mass is 288 g/mol. The molecule has 0 saturated carbocycles. The maximum Gasteiger partial charge on any atom is 0.251 e. The summed E-state index contributed by atoms with van der Waals surface area (Å²) in [4.78, 5) is 15.9. The Morgan fingerprint density at radius 2 is 1.86 bits per heavy atom. The van der Waals surface area contributed by atoms with Gasteiger partial charge in [-0.15, -0.1) is 0 Å². The Bertz CT molecular complexity index is 621. The number of benzene rings is 1. The van der Waals surface area contributed by atoms with E-state index in [9.17, 15) is 14.3 Å². The van der Waals surface area contributed by atoms with Crippen LogP contribution in [0.15, 0.2) is 36.7 Å². The molecule has 1 aromatic carbocycles. The van der Waals surface area contributed by atoms with Crippen molar-refractivity contribution >= 4 is 5.91 Å². The molecule has 2 rings (SSSR count). The summed E-state index contributed by atoms with van der Waals surface area (Å²) in [5, 5.41) is 12.6. The Morgan fingerprint density at radius 1 is 1.29 bits per heavy atom. The smallest absolute Gasteiger partial charge is 0.251 e. The fourth-order valence-electron chi connectivity index (χ4n) is 2.07. The summed E-state index contributed by atoms with van der Waals surface area (Å²) >= 11 is 0. The van der Waals surface area contributed by atoms with Crippen molar-refractivity contribution in [1.82, 2.24) is 10.3 Å². The highest BCUT2D eigenvalue weighted by Crippen LogP contribution is 2.15. The molecule has 2 N–H and O–H groups in total. The number of aromatic nitrogens is 1. The third-order valence-electron chi connectivity index (χ3n) is 3.25. The van der Waals surface area contributed by atoms with Gasteiger partial charge in [0.15, 0.2) is 0 Å². The molecule has 2 aromatic rings. The van der Waals surface area contributed by atoms with Crippen molar-refractivity contribution in [2.24, 2.45) is 0 Å². The first kappa shape index (κ1) is 15.1. The van der Waals surface area contributed by atoms with Gasteiger partial charge in [-0.25, -0.2) is 4.39 Å². The molecule has 110 valence electrons. The highest BCUT2D eigenvalue weighted by molar-refractivity contribution is 5.94. The van der Waals surface area contributed by atoms with Crippen molar-refractivity contribution in [1.29, 1.82) is 0 Å². The van der Waals surface area contributed by atoms with Gasteiger partial charge in [0.25, 0.3) is 5.91 Å². The summed E-state index contributed by atoms with van der Waals surface area (Å²) < 4.78 is 13.5. The van der Waals surface area contributed by atoms with Gasteiger partial charge in [-0.1, -0.05) is 0 Å². The summed E-state index contributed by atoms with van der Waals surface area (Å²) in [6.45, 7) is 3.31. The van der Waals surface area contributed by atoms with E-state index >= 15 is 0 Å². The molecular formula is C16H17FN2O2. The molecule has 1 unspecified atom stereocenters. The molecule has 1 amide bonds. The van der Waals surface area contributed by atoms with Crippen LogP contribution in [0.25, 0.3) is 0 Å². The van der Waals surface area contributed by atoms with Crippen molar-refractivity contribution in [3.05, 3.63) is 64.7 Å². The Morgan fingerprint density at radius 3 is 2.43 bits per heavy atom. The van der Waals surface area contributed by atoms with E-state index in [1.54, 1.807) is 38.4 Å². The van der Waals surface area contributed by atoms with E-state index in [2.05, 4.69) is 10.3 Å². The second-order valence-electron chi connectivity index (χ2n) is 4.93. The Balaban J connectivity index is 2.02. The molecule has 4 nitrogen and oxygen atoms in total. The van der Waals surface area contributed by atoms with E-state index in [1.807, 2.05) is 0 Å². The lowest BCUT2D eigenvalue weighted by atomic mass is 10.1. The molecule has 5 heteroatoms. The number of aliphatic hydroxyl groups excluding tert-OH is 1. The minimum Gasteiger partial charge on any atom is -0.387 e. The molecule has 1 atom stereocenters. The average molecular weight is 288 g/mol. The Labute approximate surface area is 122 Å². The van der Waals surface area contributed by atoms with Crippen LogP contribution in [0.3, 0.4) is 0 Å². The number of carbonyl (C=O) groups is 1. The number of aliphatic hydroxyl groups is 1. The number of hydrogen-bond acceptors (Lipinski definition) is 3. The first-order valence-electron chi connectivity index (χ1n) is 6.62. The minimum atomic E-state index is -0.806. The van der Waals surface area contributed by atoms with Gasteiger partial charge < -0.3 is 10.4 Å². The molecule has 1 aromatic heterocycles. The maximum atomic E-state index is 13.5. The average Bonchev–Trinajstić information content (AvgIpc) is 2.50. The topological polar surface area (TPSA) is 62.2 Å². The summed E-state index contributed by atoms with van der Waals surface area (Å²) in [5.74, 6) is -0.641. The largest absolute Gasteiger partial charge is 0.387 e. The molecule has 0 aliphatic heterocycles. The van der Waals surface area contributed by atoms with Crippen LogP contribution in [-0.2, 0) is 0 Å². The van der Waals surface area contributed by atoms with Crippen LogP contribution in [0, 0.1) is 19.7 Å². The second-order valence-corrected chi connectivity index (χ2v) is 4.93. The lowest BCUT2D eigenvalue weighted by Gasteiger charge is -2.13. The lowest BCUT2D eigenvalue weighted by Crippen LogP contribution is -2.28. The predicted molar refractivity (Wildman–Crippen MR) is 77.4 cm³/mol. The number of rotatable bonds is 4. The maximum absolute atomic E-state index is 13.5.